The van der Waals surface area contributed by atoms with Gasteiger partial charge in [0.15, 0.2) is 5.82 Å². The molecule has 2 aromatic rings. The Bertz CT molecular complexity index is 799. The Hall–Kier alpha value is -2.12. The molecule has 0 aromatic carbocycles. The van der Waals surface area contributed by atoms with Crippen molar-refractivity contribution in [2.45, 2.75) is 33.0 Å². The molecule has 2 aromatic heterocycles. The van der Waals surface area contributed by atoms with E-state index in [4.69, 9.17) is 21.1 Å². The van der Waals surface area contributed by atoms with Crippen LogP contribution in [-0.2, 0) is 4.74 Å². The summed E-state index contributed by atoms with van der Waals surface area (Å²) >= 11 is 6.09. The van der Waals surface area contributed by atoms with E-state index in [0.717, 1.165) is 6.42 Å². The highest BCUT2D eigenvalue weighted by Gasteiger charge is 2.17. The molecule has 140 valence electrons. The molecule has 0 atom stereocenters. The number of carbonyl (C=O) groups excluding carboxylic acids is 1. The zero-order chi connectivity index (χ0) is 19.3. The van der Waals surface area contributed by atoms with Crippen LogP contribution in [0.4, 0.5) is 0 Å². The van der Waals surface area contributed by atoms with E-state index >= 15 is 0 Å². The summed E-state index contributed by atoms with van der Waals surface area (Å²) in [7, 11) is -1.34. The van der Waals surface area contributed by atoms with Gasteiger partial charge < -0.3 is 9.47 Å². The van der Waals surface area contributed by atoms with E-state index in [2.05, 4.69) is 36.3 Å². The molecule has 26 heavy (non-hydrogen) atoms. The molecule has 0 saturated carbocycles. The van der Waals surface area contributed by atoms with Gasteiger partial charge in [-0.3, -0.25) is 0 Å². The molecular formula is C18H24ClN3O3Si. The predicted molar refractivity (Wildman–Crippen MR) is 105 cm³/mol. The van der Waals surface area contributed by atoms with Crippen molar-refractivity contribution in [2.24, 2.45) is 0 Å². The first-order valence-electron chi connectivity index (χ1n) is 8.43. The Labute approximate surface area is 159 Å². The molecule has 2 rings (SSSR count). The van der Waals surface area contributed by atoms with E-state index in [1.54, 1.807) is 36.0 Å². The smallest absolute Gasteiger partial charge is 0.341 e. The lowest BCUT2D eigenvalue weighted by Crippen LogP contribution is -2.24. The van der Waals surface area contributed by atoms with Crippen LogP contribution < -0.4 is 4.74 Å². The lowest BCUT2D eigenvalue weighted by molar-refractivity contribution is 0.0526. The Morgan fingerprint density at radius 3 is 2.65 bits per heavy atom. The van der Waals surface area contributed by atoms with Crippen molar-refractivity contribution >= 4 is 25.6 Å². The minimum atomic E-state index is -1.34. The minimum absolute atomic E-state index is 0.0744. The molecule has 0 fully saturated rings. The minimum Gasteiger partial charge on any atom is -0.476 e. The Morgan fingerprint density at radius 1 is 1.31 bits per heavy atom. The van der Waals surface area contributed by atoms with Crippen molar-refractivity contribution in [3.8, 4) is 11.7 Å². The van der Waals surface area contributed by atoms with Gasteiger partial charge in [0.1, 0.15) is 5.15 Å². The van der Waals surface area contributed by atoms with Crippen molar-refractivity contribution in [1.82, 2.24) is 14.8 Å². The van der Waals surface area contributed by atoms with E-state index in [-0.39, 0.29) is 17.3 Å². The zero-order valence-corrected chi connectivity index (χ0v) is 17.3. The van der Waals surface area contributed by atoms with Gasteiger partial charge in [0.2, 0.25) is 5.88 Å². The maximum atomic E-state index is 11.8. The van der Waals surface area contributed by atoms with Gasteiger partial charge in [-0.2, -0.15) is 0 Å². The first kappa shape index (κ1) is 20.2. The van der Waals surface area contributed by atoms with Crippen molar-refractivity contribution in [3.05, 3.63) is 46.9 Å². The topological polar surface area (TPSA) is 66.2 Å². The molecule has 0 radical (unpaired) electrons. The van der Waals surface area contributed by atoms with Gasteiger partial charge in [0.25, 0.3) is 0 Å². The molecule has 0 unspecified atom stereocenters. The van der Waals surface area contributed by atoms with E-state index in [9.17, 15) is 4.79 Å². The summed E-state index contributed by atoms with van der Waals surface area (Å²) in [6.07, 6.45) is 2.55. The molecule has 0 amide bonds. The van der Waals surface area contributed by atoms with Crippen LogP contribution >= 0.6 is 11.6 Å². The van der Waals surface area contributed by atoms with Crippen LogP contribution in [0, 0.1) is 0 Å². The molecular weight excluding hydrogens is 370 g/mol. The van der Waals surface area contributed by atoms with Gasteiger partial charge >= 0.3 is 5.97 Å². The molecule has 0 bridgehead atoms. The molecule has 8 heteroatoms. The number of halogens is 1. The summed E-state index contributed by atoms with van der Waals surface area (Å²) in [6.45, 7) is 13.5. The van der Waals surface area contributed by atoms with Crippen molar-refractivity contribution in [1.29, 1.82) is 0 Å². The van der Waals surface area contributed by atoms with E-state index < -0.39 is 14.0 Å². The van der Waals surface area contributed by atoms with Crippen molar-refractivity contribution in [2.75, 3.05) is 13.2 Å². The van der Waals surface area contributed by atoms with E-state index in [1.165, 1.54) is 5.20 Å². The average molecular weight is 394 g/mol. The lowest BCUT2D eigenvalue weighted by atomic mass is 10.3. The number of nitrogens with zero attached hydrogens (tertiary/aromatic N) is 3. The summed E-state index contributed by atoms with van der Waals surface area (Å²) in [4.78, 5) is 16.0. The second-order valence-electron chi connectivity index (χ2n) is 6.78. The summed E-state index contributed by atoms with van der Waals surface area (Å²) in [5.41, 5.74) is 0.228. The maximum Gasteiger partial charge on any atom is 0.341 e. The molecule has 0 spiro atoms. The molecule has 0 saturated heterocycles. The molecule has 2 heterocycles. The lowest BCUT2D eigenvalue weighted by Gasteiger charge is -2.19. The second kappa shape index (κ2) is 8.51. The Kier molecular flexibility index (Phi) is 6.61. The highest BCUT2D eigenvalue weighted by molar-refractivity contribution is 6.82. The highest BCUT2D eigenvalue weighted by Crippen LogP contribution is 2.19. The zero-order valence-electron chi connectivity index (χ0n) is 15.6. The van der Waals surface area contributed by atoms with E-state index in [0.29, 0.717) is 18.3 Å². The van der Waals surface area contributed by atoms with E-state index in [1.807, 2.05) is 0 Å². The summed E-state index contributed by atoms with van der Waals surface area (Å²) in [5.74, 6) is 0.494. The number of hydrogen-bond donors (Lipinski definition) is 0. The number of aromatic nitrogens is 3. The number of hydrogen-bond acceptors (Lipinski definition) is 5. The third kappa shape index (κ3) is 5.19. The summed E-state index contributed by atoms with van der Waals surface area (Å²) < 4.78 is 12.2. The Balaban J connectivity index is 2.02. The number of esters is 1. The van der Waals surface area contributed by atoms with Crippen LogP contribution in [0.5, 0.6) is 5.88 Å². The third-order valence-electron chi connectivity index (χ3n) is 3.84. The fraction of sp³-hybridized carbons (Fsp3) is 0.389. The fourth-order valence-corrected chi connectivity index (χ4v) is 3.16. The van der Waals surface area contributed by atoms with Crippen LogP contribution in [-0.4, -0.2) is 42.0 Å². The van der Waals surface area contributed by atoms with Crippen molar-refractivity contribution < 1.29 is 14.3 Å². The average Bonchev–Trinajstić information content (AvgIpc) is 3.02. The number of ether oxygens (including phenoxy) is 2. The number of carbonyl (C=O) groups is 1. The van der Waals surface area contributed by atoms with Crippen LogP contribution in [0.15, 0.2) is 36.2 Å². The largest absolute Gasteiger partial charge is 0.476 e. The Morgan fingerprint density at radius 2 is 2.04 bits per heavy atom. The maximum absolute atomic E-state index is 11.8. The normalized spacial score (nSPS) is 11.3. The fourth-order valence-electron chi connectivity index (χ4n) is 2.08. The predicted octanol–water partition coefficient (Wildman–Crippen LogP) is 4.30. The molecule has 0 aliphatic carbocycles. The van der Waals surface area contributed by atoms with Gasteiger partial charge in [-0.15, -0.1) is 11.7 Å². The molecule has 0 N–H and O–H groups in total. The van der Waals surface area contributed by atoms with Crippen LogP contribution in [0.2, 0.25) is 24.8 Å². The van der Waals surface area contributed by atoms with Gasteiger partial charge in [-0.1, -0.05) is 36.4 Å². The van der Waals surface area contributed by atoms with Gasteiger partial charge in [-0.25, -0.2) is 14.5 Å². The standard InChI is InChI=1S/C18H24ClN3O3Si/c1-6-24-18(23)14-7-8-15(20-17(14)19)22-11-9-16(21-22)25-12-10-13(2)26(3,4)5/h7-9,11H,2,6,10,12H2,1,3-5H3. The van der Waals surface area contributed by atoms with Gasteiger partial charge in [0.05, 0.1) is 26.9 Å². The molecule has 6 nitrogen and oxygen atoms in total. The summed E-state index contributed by atoms with van der Waals surface area (Å²) in [5, 5.41) is 5.67. The van der Waals surface area contributed by atoms with Crippen LogP contribution in [0.25, 0.3) is 5.82 Å². The van der Waals surface area contributed by atoms with Gasteiger partial charge in [-0.05, 0) is 25.5 Å². The second-order valence-corrected chi connectivity index (χ2v) is 12.3. The SMILES string of the molecule is C=C(CCOc1ccn(-c2ccc(C(=O)OCC)c(Cl)n2)n1)[Si](C)(C)C. The first-order chi connectivity index (χ1) is 12.2. The molecule has 0 aliphatic rings. The van der Waals surface area contributed by atoms with Crippen molar-refractivity contribution in [3.63, 3.8) is 0 Å². The third-order valence-corrected chi connectivity index (χ3v) is 6.50. The highest BCUT2D eigenvalue weighted by atomic mass is 35.5. The quantitative estimate of drug-likeness (QED) is 0.380. The van der Waals surface area contributed by atoms with Crippen LogP contribution in [0.3, 0.4) is 0 Å². The van der Waals surface area contributed by atoms with Gasteiger partial charge in [0, 0.05) is 12.3 Å². The molecule has 0 aliphatic heterocycles. The number of pyridine rings is 1. The summed E-state index contributed by atoms with van der Waals surface area (Å²) in [6, 6.07) is 4.98. The monoisotopic (exact) mass is 393 g/mol. The number of rotatable bonds is 8. The first-order valence-corrected chi connectivity index (χ1v) is 12.3. The van der Waals surface area contributed by atoms with Crippen LogP contribution in [0.1, 0.15) is 23.7 Å².